The van der Waals surface area contributed by atoms with Crippen LogP contribution in [0, 0.1) is 6.92 Å². The van der Waals surface area contributed by atoms with Gasteiger partial charge in [0.2, 0.25) is 0 Å². The molecule has 0 saturated carbocycles. The second-order valence-electron chi connectivity index (χ2n) is 8.14. The van der Waals surface area contributed by atoms with Crippen LogP contribution in [0.4, 0.5) is 5.69 Å². The van der Waals surface area contributed by atoms with Crippen LogP contribution >= 0.6 is 0 Å². The molecular formula is C23H28N4O3. The van der Waals surface area contributed by atoms with Crippen molar-refractivity contribution < 1.29 is 9.59 Å². The van der Waals surface area contributed by atoms with Gasteiger partial charge in [0.05, 0.1) is 16.8 Å². The van der Waals surface area contributed by atoms with Gasteiger partial charge in [0.25, 0.3) is 17.4 Å². The molecule has 1 aromatic heterocycles. The van der Waals surface area contributed by atoms with E-state index in [1.54, 1.807) is 13.1 Å². The third kappa shape index (κ3) is 3.28. The van der Waals surface area contributed by atoms with Gasteiger partial charge in [0.1, 0.15) is 5.70 Å². The molecule has 0 spiro atoms. The van der Waals surface area contributed by atoms with Crippen molar-refractivity contribution in [3.8, 4) is 0 Å². The molecule has 30 heavy (non-hydrogen) atoms. The second-order valence-corrected chi connectivity index (χ2v) is 8.14. The zero-order valence-electron chi connectivity index (χ0n) is 17.8. The largest absolute Gasteiger partial charge is 0.366 e. The van der Waals surface area contributed by atoms with Crippen LogP contribution in [-0.2, 0) is 23.1 Å². The predicted molar refractivity (Wildman–Crippen MR) is 116 cm³/mol. The third-order valence-corrected chi connectivity index (χ3v) is 5.86. The first kappa shape index (κ1) is 20.2. The molecule has 0 atom stereocenters. The van der Waals surface area contributed by atoms with E-state index in [1.807, 2.05) is 36.9 Å². The molecule has 1 fully saturated rings. The molecule has 1 N–H and O–H groups in total. The Morgan fingerprint density at radius 3 is 2.43 bits per heavy atom. The normalized spacial score (nSPS) is 17.4. The fourth-order valence-corrected chi connectivity index (χ4v) is 4.45. The average molecular weight is 409 g/mol. The molecule has 4 rings (SSSR count). The van der Waals surface area contributed by atoms with Crippen LogP contribution in [0.2, 0.25) is 0 Å². The number of hydrogen-bond acceptors (Lipinski definition) is 4. The number of amides is 2. The minimum absolute atomic E-state index is 0.244. The summed E-state index contributed by atoms with van der Waals surface area (Å²) >= 11 is 0. The standard InChI is InChI=1S/C23H28N4O3/c1-4-9-17-18(21(28)25(3)24-17)19-20(26-12-6-5-7-13-26)23(30)27(22(19)29)16-11-8-10-15(2)14-16/h8,10-11,14,24H,4-7,9,12-13H2,1-3H3. The van der Waals surface area contributed by atoms with E-state index in [0.29, 0.717) is 42.2 Å². The van der Waals surface area contributed by atoms with E-state index in [4.69, 9.17) is 0 Å². The molecule has 2 aliphatic heterocycles. The maximum absolute atomic E-state index is 13.7. The van der Waals surface area contributed by atoms with Crippen molar-refractivity contribution in [3.63, 3.8) is 0 Å². The molecule has 3 heterocycles. The Labute approximate surface area is 176 Å². The molecule has 2 amide bonds. The van der Waals surface area contributed by atoms with Crippen molar-refractivity contribution in [1.29, 1.82) is 0 Å². The second kappa shape index (κ2) is 7.97. The zero-order chi connectivity index (χ0) is 21.4. The summed E-state index contributed by atoms with van der Waals surface area (Å²) in [6.45, 7) is 5.38. The van der Waals surface area contributed by atoms with Crippen LogP contribution < -0.4 is 10.5 Å². The number of hydrogen-bond donors (Lipinski definition) is 1. The minimum atomic E-state index is -0.416. The van der Waals surface area contributed by atoms with E-state index in [9.17, 15) is 14.4 Å². The molecular weight excluding hydrogens is 380 g/mol. The lowest BCUT2D eigenvalue weighted by atomic mass is 10.0. The molecule has 0 radical (unpaired) electrons. The van der Waals surface area contributed by atoms with E-state index in [2.05, 4.69) is 5.10 Å². The molecule has 0 bridgehead atoms. The Morgan fingerprint density at radius 1 is 1.03 bits per heavy atom. The number of nitrogens with zero attached hydrogens (tertiary/aromatic N) is 3. The molecule has 7 heteroatoms. The number of piperidine rings is 1. The van der Waals surface area contributed by atoms with Crippen LogP contribution in [0.5, 0.6) is 0 Å². The Hall–Kier alpha value is -3.09. The van der Waals surface area contributed by atoms with Gasteiger partial charge in [-0.05, 0) is 50.3 Å². The number of aromatic nitrogens is 2. The fourth-order valence-electron chi connectivity index (χ4n) is 4.45. The van der Waals surface area contributed by atoms with Crippen LogP contribution in [-0.4, -0.2) is 39.6 Å². The molecule has 2 aromatic rings. The van der Waals surface area contributed by atoms with Gasteiger partial charge in [-0.25, -0.2) is 4.90 Å². The number of aryl methyl sites for hydroxylation is 3. The number of H-pyrrole nitrogens is 1. The highest BCUT2D eigenvalue weighted by molar-refractivity contribution is 6.45. The number of anilines is 1. The van der Waals surface area contributed by atoms with Crippen LogP contribution in [0.1, 0.15) is 49.4 Å². The average Bonchev–Trinajstić information content (AvgIpc) is 3.14. The lowest BCUT2D eigenvalue weighted by Gasteiger charge is -2.29. The van der Waals surface area contributed by atoms with Crippen LogP contribution in [0.3, 0.4) is 0 Å². The van der Waals surface area contributed by atoms with Gasteiger partial charge >= 0.3 is 0 Å². The van der Waals surface area contributed by atoms with E-state index in [0.717, 1.165) is 31.2 Å². The maximum Gasteiger partial charge on any atom is 0.282 e. The Kier molecular flexibility index (Phi) is 5.37. The number of nitrogens with one attached hydrogen (secondary N) is 1. The van der Waals surface area contributed by atoms with Crippen molar-refractivity contribution in [2.75, 3.05) is 18.0 Å². The van der Waals surface area contributed by atoms with Crippen molar-refractivity contribution in [2.24, 2.45) is 7.05 Å². The summed E-state index contributed by atoms with van der Waals surface area (Å²) in [6, 6.07) is 7.35. The SMILES string of the molecule is CCCc1[nH]n(C)c(=O)c1C1=C(N2CCCCC2)C(=O)N(c2cccc(C)c2)C1=O. The third-order valence-electron chi connectivity index (χ3n) is 5.86. The van der Waals surface area contributed by atoms with Gasteiger partial charge in [-0.1, -0.05) is 25.5 Å². The van der Waals surface area contributed by atoms with Gasteiger partial charge < -0.3 is 4.90 Å². The summed E-state index contributed by atoms with van der Waals surface area (Å²) in [5.41, 5.74) is 2.90. The monoisotopic (exact) mass is 408 g/mol. The number of rotatable bonds is 5. The van der Waals surface area contributed by atoms with E-state index in [-0.39, 0.29) is 17.0 Å². The molecule has 158 valence electrons. The number of benzene rings is 1. The maximum atomic E-state index is 13.7. The van der Waals surface area contributed by atoms with E-state index >= 15 is 0 Å². The molecule has 0 aliphatic carbocycles. The van der Waals surface area contributed by atoms with Gasteiger partial charge in [-0.3, -0.25) is 24.2 Å². The smallest absolute Gasteiger partial charge is 0.282 e. The number of likely N-dealkylation sites (tertiary alicyclic amines) is 1. The molecule has 7 nitrogen and oxygen atoms in total. The Morgan fingerprint density at radius 2 is 1.77 bits per heavy atom. The Balaban J connectivity index is 1.92. The summed E-state index contributed by atoms with van der Waals surface area (Å²) in [4.78, 5) is 43.5. The van der Waals surface area contributed by atoms with Gasteiger partial charge in [0, 0.05) is 25.8 Å². The molecule has 2 aliphatic rings. The lowest BCUT2D eigenvalue weighted by Crippen LogP contribution is -2.37. The number of aromatic amines is 1. The minimum Gasteiger partial charge on any atom is -0.366 e. The van der Waals surface area contributed by atoms with Crippen molar-refractivity contribution in [1.82, 2.24) is 14.7 Å². The van der Waals surface area contributed by atoms with Crippen molar-refractivity contribution in [3.05, 3.63) is 57.1 Å². The van der Waals surface area contributed by atoms with Crippen molar-refractivity contribution >= 4 is 23.1 Å². The highest BCUT2D eigenvalue weighted by Gasteiger charge is 2.44. The van der Waals surface area contributed by atoms with Crippen LogP contribution in [0.15, 0.2) is 34.8 Å². The summed E-state index contributed by atoms with van der Waals surface area (Å²) < 4.78 is 1.40. The number of carbonyl (C=O) groups excluding carboxylic acids is 2. The zero-order valence-corrected chi connectivity index (χ0v) is 17.8. The van der Waals surface area contributed by atoms with E-state index < -0.39 is 5.91 Å². The molecule has 1 aromatic carbocycles. The highest BCUT2D eigenvalue weighted by Crippen LogP contribution is 2.36. The quantitative estimate of drug-likeness (QED) is 0.772. The topological polar surface area (TPSA) is 78.4 Å². The Bertz CT molecular complexity index is 1090. The van der Waals surface area contributed by atoms with E-state index in [1.165, 1.54) is 9.58 Å². The lowest BCUT2D eigenvalue weighted by molar-refractivity contribution is -0.120. The van der Waals surface area contributed by atoms with Crippen LogP contribution in [0.25, 0.3) is 5.57 Å². The first-order chi connectivity index (χ1) is 14.4. The number of carbonyl (C=O) groups is 2. The highest BCUT2D eigenvalue weighted by atomic mass is 16.2. The van der Waals surface area contributed by atoms with Gasteiger partial charge in [-0.15, -0.1) is 0 Å². The number of imide groups is 1. The fraction of sp³-hybridized carbons (Fsp3) is 0.435. The molecule has 0 unspecified atom stereocenters. The first-order valence-corrected chi connectivity index (χ1v) is 10.7. The van der Waals surface area contributed by atoms with Gasteiger partial charge in [0.15, 0.2) is 0 Å². The predicted octanol–water partition coefficient (Wildman–Crippen LogP) is 2.74. The summed E-state index contributed by atoms with van der Waals surface area (Å²) in [7, 11) is 1.64. The first-order valence-electron chi connectivity index (χ1n) is 10.7. The molecule has 1 saturated heterocycles. The summed E-state index contributed by atoms with van der Waals surface area (Å²) in [5, 5.41) is 3.08. The summed E-state index contributed by atoms with van der Waals surface area (Å²) in [5.74, 6) is -0.756. The summed E-state index contributed by atoms with van der Waals surface area (Å²) in [6.07, 6.45) is 4.50. The van der Waals surface area contributed by atoms with Gasteiger partial charge in [-0.2, -0.15) is 0 Å². The van der Waals surface area contributed by atoms with Crippen molar-refractivity contribution in [2.45, 2.75) is 46.0 Å².